The summed E-state index contributed by atoms with van der Waals surface area (Å²) < 4.78 is 18.7. The quantitative estimate of drug-likeness (QED) is 0.314. The predicted molar refractivity (Wildman–Crippen MR) is 139 cm³/mol. The molecule has 0 unspecified atom stereocenters. The van der Waals surface area contributed by atoms with Crippen LogP contribution in [0.15, 0.2) is 78.7 Å². The van der Waals surface area contributed by atoms with Crippen molar-refractivity contribution in [1.29, 1.82) is 0 Å². The summed E-state index contributed by atoms with van der Waals surface area (Å²) in [5, 5.41) is 5.44. The van der Waals surface area contributed by atoms with E-state index in [-0.39, 0.29) is 23.3 Å². The van der Waals surface area contributed by atoms with Crippen LogP contribution in [0.4, 0.5) is 4.39 Å². The summed E-state index contributed by atoms with van der Waals surface area (Å²) in [6.07, 6.45) is 9.71. The van der Waals surface area contributed by atoms with Gasteiger partial charge < -0.3 is 20.8 Å². The summed E-state index contributed by atoms with van der Waals surface area (Å²) in [6, 6.07) is 11.3. The molecule has 1 aliphatic rings. The van der Waals surface area contributed by atoms with Gasteiger partial charge in [0.2, 0.25) is 0 Å². The fourth-order valence-electron chi connectivity index (χ4n) is 3.46. The summed E-state index contributed by atoms with van der Waals surface area (Å²) in [6.45, 7) is 4.27. The third-order valence-corrected chi connectivity index (χ3v) is 5.64. The number of nitrogens with one attached hydrogen (secondary N) is 4. The Morgan fingerprint density at radius 3 is 2.83 bits per heavy atom. The first kappa shape index (κ1) is 27.0. The number of amides is 2. The molecule has 0 fully saturated rings. The highest BCUT2D eigenvalue weighted by molar-refractivity contribution is 6.30. The Morgan fingerprint density at radius 2 is 2.00 bits per heavy atom. The van der Waals surface area contributed by atoms with Crippen LogP contribution in [0.2, 0.25) is 5.02 Å². The standard InChI is InChI=1S/C27H30ClFN4O3/c1-19(32-26(34)18-36-22-12-13-24(28)25(29)16-22)14-15-30-27(35)23-11-7-6-8-20(23)17-31-33-21-9-4-2-3-5-10-21/h2,4,6-9,11-13,16,31,33H,1,3,5,10,14-15,17-18H2,(H,30,35)(H,32,34). The Hall–Kier alpha value is -3.62. The average Bonchev–Trinajstić information content (AvgIpc) is 3.14. The number of hydrogen-bond acceptors (Lipinski definition) is 5. The van der Waals surface area contributed by atoms with Crippen LogP contribution < -0.4 is 26.2 Å². The first-order valence-electron chi connectivity index (χ1n) is 11.7. The van der Waals surface area contributed by atoms with Crippen molar-refractivity contribution in [2.45, 2.75) is 32.2 Å². The van der Waals surface area contributed by atoms with E-state index in [1.165, 1.54) is 12.1 Å². The molecule has 0 saturated heterocycles. The molecule has 0 spiro atoms. The van der Waals surface area contributed by atoms with Gasteiger partial charge >= 0.3 is 0 Å². The van der Waals surface area contributed by atoms with Crippen molar-refractivity contribution in [2.24, 2.45) is 0 Å². The fourth-order valence-corrected chi connectivity index (χ4v) is 3.58. The monoisotopic (exact) mass is 512 g/mol. The Balaban J connectivity index is 1.39. The van der Waals surface area contributed by atoms with Gasteiger partial charge in [-0.1, -0.05) is 48.5 Å². The van der Waals surface area contributed by atoms with Crippen molar-refractivity contribution in [3.8, 4) is 5.75 Å². The number of halogens is 2. The van der Waals surface area contributed by atoms with Crippen molar-refractivity contribution in [3.63, 3.8) is 0 Å². The lowest BCUT2D eigenvalue weighted by Crippen LogP contribution is -2.33. The molecule has 190 valence electrons. The largest absolute Gasteiger partial charge is 0.484 e. The summed E-state index contributed by atoms with van der Waals surface area (Å²) in [5.41, 5.74) is 9.37. The van der Waals surface area contributed by atoms with E-state index in [0.717, 1.165) is 36.6 Å². The molecule has 9 heteroatoms. The summed E-state index contributed by atoms with van der Waals surface area (Å²) in [7, 11) is 0. The normalized spacial score (nSPS) is 12.8. The van der Waals surface area contributed by atoms with E-state index in [2.05, 4.69) is 34.1 Å². The Labute approximate surface area is 215 Å². The van der Waals surface area contributed by atoms with Crippen LogP contribution in [0.1, 0.15) is 41.6 Å². The van der Waals surface area contributed by atoms with Gasteiger partial charge in [-0.15, -0.1) is 0 Å². The Bertz CT molecular complexity index is 1150. The zero-order valence-corrected chi connectivity index (χ0v) is 20.7. The van der Waals surface area contributed by atoms with E-state index in [9.17, 15) is 14.0 Å². The molecule has 3 rings (SSSR count). The van der Waals surface area contributed by atoms with Gasteiger partial charge in [-0.05, 0) is 49.1 Å². The number of hydrazine groups is 1. The van der Waals surface area contributed by atoms with Crippen LogP contribution >= 0.6 is 11.6 Å². The number of carbonyl (C=O) groups is 2. The summed E-state index contributed by atoms with van der Waals surface area (Å²) in [4.78, 5) is 24.8. The van der Waals surface area contributed by atoms with Crippen LogP contribution in [-0.2, 0) is 11.3 Å². The number of hydrogen-bond donors (Lipinski definition) is 4. The van der Waals surface area contributed by atoms with Gasteiger partial charge in [0, 0.05) is 42.5 Å². The zero-order valence-electron chi connectivity index (χ0n) is 19.9. The predicted octanol–water partition coefficient (Wildman–Crippen LogP) is 4.53. The molecule has 36 heavy (non-hydrogen) atoms. The first-order valence-corrected chi connectivity index (χ1v) is 12.1. The van der Waals surface area contributed by atoms with Gasteiger partial charge in [0.1, 0.15) is 11.6 Å². The van der Waals surface area contributed by atoms with E-state index in [1.807, 2.05) is 30.4 Å². The first-order chi connectivity index (χ1) is 17.4. The van der Waals surface area contributed by atoms with Crippen LogP contribution in [0.25, 0.3) is 0 Å². The molecule has 0 heterocycles. The average molecular weight is 513 g/mol. The maximum absolute atomic E-state index is 13.4. The third-order valence-electron chi connectivity index (χ3n) is 5.33. The molecule has 0 radical (unpaired) electrons. The Morgan fingerprint density at radius 1 is 1.17 bits per heavy atom. The molecule has 0 saturated carbocycles. The molecule has 1 aliphatic carbocycles. The Kier molecular flexibility index (Phi) is 10.5. The van der Waals surface area contributed by atoms with Gasteiger partial charge in [-0.3, -0.25) is 9.59 Å². The second-order valence-electron chi connectivity index (χ2n) is 8.17. The van der Waals surface area contributed by atoms with E-state index in [4.69, 9.17) is 16.3 Å². The highest BCUT2D eigenvalue weighted by Gasteiger charge is 2.12. The number of rotatable bonds is 12. The minimum Gasteiger partial charge on any atom is -0.484 e. The smallest absolute Gasteiger partial charge is 0.262 e. The molecule has 0 bridgehead atoms. The van der Waals surface area contributed by atoms with Gasteiger partial charge in [0.15, 0.2) is 6.61 Å². The summed E-state index contributed by atoms with van der Waals surface area (Å²) >= 11 is 5.63. The minimum atomic E-state index is -0.627. The van der Waals surface area contributed by atoms with Crippen molar-refractivity contribution in [1.82, 2.24) is 21.5 Å². The molecule has 2 aromatic rings. The SMILES string of the molecule is C=C(CCNC(=O)c1ccccc1CNNC1=CC=CCCC1)NC(=O)COc1ccc(Cl)c(F)c1. The number of benzene rings is 2. The third kappa shape index (κ3) is 8.87. The second kappa shape index (κ2) is 14.1. The molecular formula is C27H30ClFN4O3. The van der Waals surface area contributed by atoms with Gasteiger partial charge in [-0.2, -0.15) is 0 Å². The van der Waals surface area contributed by atoms with E-state index < -0.39 is 11.7 Å². The fraction of sp³-hybridized carbons (Fsp3) is 0.259. The number of ether oxygens (including phenoxy) is 1. The molecule has 2 amide bonds. The lowest BCUT2D eigenvalue weighted by molar-refractivity contribution is -0.122. The molecule has 0 aromatic heterocycles. The van der Waals surface area contributed by atoms with Gasteiger partial charge in [-0.25, -0.2) is 9.82 Å². The van der Waals surface area contributed by atoms with Crippen LogP contribution in [0.3, 0.4) is 0 Å². The maximum atomic E-state index is 13.4. The molecule has 0 atom stereocenters. The minimum absolute atomic E-state index is 0.0251. The molecule has 7 nitrogen and oxygen atoms in total. The van der Waals surface area contributed by atoms with Crippen LogP contribution in [0.5, 0.6) is 5.75 Å². The zero-order chi connectivity index (χ0) is 25.8. The molecule has 0 aliphatic heterocycles. The topological polar surface area (TPSA) is 91.5 Å². The van der Waals surface area contributed by atoms with Crippen LogP contribution in [0, 0.1) is 5.82 Å². The van der Waals surface area contributed by atoms with Crippen molar-refractivity contribution >= 4 is 23.4 Å². The van der Waals surface area contributed by atoms with E-state index >= 15 is 0 Å². The van der Waals surface area contributed by atoms with Crippen molar-refractivity contribution < 1.29 is 18.7 Å². The molecule has 2 aromatic carbocycles. The van der Waals surface area contributed by atoms with E-state index in [0.29, 0.717) is 30.8 Å². The second-order valence-corrected chi connectivity index (χ2v) is 8.58. The van der Waals surface area contributed by atoms with Gasteiger partial charge in [0.25, 0.3) is 11.8 Å². The van der Waals surface area contributed by atoms with Crippen molar-refractivity contribution in [3.05, 3.63) is 101 Å². The highest BCUT2D eigenvalue weighted by Crippen LogP contribution is 2.20. The molecule has 4 N–H and O–H groups in total. The maximum Gasteiger partial charge on any atom is 0.262 e. The highest BCUT2D eigenvalue weighted by atomic mass is 35.5. The number of carbonyl (C=O) groups excluding carboxylic acids is 2. The van der Waals surface area contributed by atoms with Gasteiger partial charge in [0.05, 0.1) is 5.02 Å². The van der Waals surface area contributed by atoms with E-state index in [1.54, 1.807) is 6.07 Å². The lowest BCUT2D eigenvalue weighted by Gasteiger charge is -2.14. The lowest BCUT2D eigenvalue weighted by atomic mass is 10.1. The van der Waals surface area contributed by atoms with Crippen LogP contribution in [-0.4, -0.2) is 25.0 Å². The molecular weight excluding hydrogens is 483 g/mol. The summed E-state index contributed by atoms with van der Waals surface area (Å²) in [5.74, 6) is -1.09. The number of allylic oxidation sites excluding steroid dienone is 4. The van der Waals surface area contributed by atoms with Crippen molar-refractivity contribution in [2.75, 3.05) is 13.2 Å².